The molecule has 0 fully saturated rings. The van der Waals surface area contributed by atoms with Crippen LogP contribution in [0.2, 0.25) is 0 Å². The van der Waals surface area contributed by atoms with Gasteiger partial charge in [-0.3, -0.25) is 10.1 Å². The molecule has 0 amide bonds. The second-order valence-electron chi connectivity index (χ2n) is 5.25. The monoisotopic (exact) mass is 388 g/mol. The van der Waals surface area contributed by atoms with Crippen molar-refractivity contribution >= 4 is 28.8 Å². The largest absolute Gasteiger partial charge is 0.493 e. The van der Waals surface area contributed by atoms with Crippen molar-refractivity contribution in [3.63, 3.8) is 0 Å². The highest BCUT2D eigenvalue weighted by atomic mass is 32.2. The van der Waals surface area contributed by atoms with Crippen LogP contribution in [0.25, 0.3) is 10.6 Å². The van der Waals surface area contributed by atoms with Gasteiger partial charge in [-0.2, -0.15) is 0 Å². The lowest BCUT2D eigenvalue weighted by molar-refractivity contribution is -0.384. The summed E-state index contributed by atoms with van der Waals surface area (Å²) < 4.78 is 10.6. The summed E-state index contributed by atoms with van der Waals surface area (Å²) in [6.07, 6.45) is 0. The van der Waals surface area contributed by atoms with Crippen LogP contribution >= 0.6 is 23.1 Å². The van der Waals surface area contributed by atoms with Gasteiger partial charge >= 0.3 is 0 Å². The summed E-state index contributed by atoms with van der Waals surface area (Å²) in [6.45, 7) is 0. The molecular weight excluding hydrogens is 372 g/mol. The number of non-ortho nitro benzene ring substituents is 1. The molecule has 0 saturated carbocycles. The predicted molar refractivity (Wildman–Crippen MR) is 103 cm³/mol. The fourth-order valence-electron chi connectivity index (χ4n) is 2.30. The number of thiazole rings is 1. The van der Waals surface area contributed by atoms with Crippen LogP contribution in [0.15, 0.2) is 52.7 Å². The smallest absolute Gasteiger partial charge is 0.269 e. The first-order valence-corrected chi connectivity index (χ1v) is 9.51. The zero-order valence-electron chi connectivity index (χ0n) is 14.2. The lowest BCUT2D eigenvalue weighted by Gasteiger charge is -2.08. The average Bonchev–Trinajstić information content (AvgIpc) is 3.15. The fourth-order valence-corrected chi connectivity index (χ4v) is 4.01. The molecule has 0 aliphatic carbocycles. The van der Waals surface area contributed by atoms with Crippen LogP contribution in [0.4, 0.5) is 5.69 Å². The highest BCUT2D eigenvalue weighted by Crippen LogP contribution is 2.34. The quantitative estimate of drug-likeness (QED) is 0.321. The van der Waals surface area contributed by atoms with E-state index in [4.69, 9.17) is 9.47 Å². The van der Waals surface area contributed by atoms with Crippen molar-refractivity contribution in [3.05, 3.63) is 63.7 Å². The normalized spacial score (nSPS) is 10.5. The van der Waals surface area contributed by atoms with Crippen LogP contribution in [0.1, 0.15) is 5.69 Å². The molecule has 0 saturated heterocycles. The van der Waals surface area contributed by atoms with E-state index in [9.17, 15) is 10.1 Å². The van der Waals surface area contributed by atoms with E-state index >= 15 is 0 Å². The predicted octanol–water partition coefficient (Wildman–Crippen LogP) is 5.03. The molecule has 1 aromatic heterocycles. The third-order valence-corrected chi connectivity index (χ3v) is 5.60. The average molecular weight is 388 g/mol. The standard InChI is InChI=1S/C18H16N2O4S2/c1-23-16-8-3-12(9-17(16)24-2)18-19-13(11-26-18)10-25-15-6-4-14(5-7-15)20(21)22/h3-9,11H,10H2,1-2H3. The number of benzene rings is 2. The number of methoxy groups -OCH3 is 2. The zero-order chi connectivity index (χ0) is 18.5. The topological polar surface area (TPSA) is 74.5 Å². The Balaban J connectivity index is 1.69. The van der Waals surface area contributed by atoms with Gasteiger partial charge in [0, 0.05) is 33.7 Å². The van der Waals surface area contributed by atoms with Crippen molar-refractivity contribution < 1.29 is 14.4 Å². The van der Waals surface area contributed by atoms with Crippen LogP contribution in [0, 0.1) is 10.1 Å². The molecule has 0 N–H and O–H groups in total. The van der Waals surface area contributed by atoms with Crippen molar-refractivity contribution in [1.29, 1.82) is 0 Å². The molecule has 134 valence electrons. The summed E-state index contributed by atoms with van der Waals surface area (Å²) >= 11 is 3.16. The number of thioether (sulfide) groups is 1. The molecule has 6 nitrogen and oxygen atoms in total. The van der Waals surface area contributed by atoms with Gasteiger partial charge in [-0.05, 0) is 30.3 Å². The van der Waals surface area contributed by atoms with E-state index < -0.39 is 4.92 Å². The lowest BCUT2D eigenvalue weighted by Crippen LogP contribution is -1.91. The Bertz CT molecular complexity index is 910. The molecule has 26 heavy (non-hydrogen) atoms. The van der Waals surface area contributed by atoms with Crippen molar-refractivity contribution in [2.45, 2.75) is 10.6 Å². The Morgan fingerprint density at radius 2 is 1.85 bits per heavy atom. The van der Waals surface area contributed by atoms with Crippen molar-refractivity contribution in [2.24, 2.45) is 0 Å². The number of hydrogen-bond donors (Lipinski definition) is 0. The van der Waals surface area contributed by atoms with Crippen LogP contribution in [0.3, 0.4) is 0 Å². The Labute approximate surface area is 159 Å². The molecule has 3 rings (SSSR count). The van der Waals surface area contributed by atoms with Gasteiger partial charge in [-0.1, -0.05) is 0 Å². The van der Waals surface area contributed by atoms with E-state index in [0.29, 0.717) is 17.3 Å². The summed E-state index contributed by atoms with van der Waals surface area (Å²) in [5, 5.41) is 13.6. The maximum atomic E-state index is 10.7. The van der Waals surface area contributed by atoms with E-state index in [2.05, 4.69) is 4.98 Å². The van der Waals surface area contributed by atoms with E-state index in [-0.39, 0.29) is 5.69 Å². The SMILES string of the molecule is COc1ccc(-c2nc(CSc3ccc([N+](=O)[O-])cc3)cs2)cc1OC. The molecule has 8 heteroatoms. The second-order valence-corrected chi connectivity index (χ2v) is 7.16. The molecule has 0 aliphatic heterocycles. The van der Waals surface area contributed by atoms with Crippen molar-refractivity contribution in [1.82, 2.24) is 4.98 Å². The minimum atomic E-state index is -0.399. The van der Waals surface area contributed by atoms with E-state index in [1.165, 1.54) is 12.1 Å². The third kappa shape index (κ3) is 4.14. The Morgan fingerprint density at radius 3 is 2.50 bits per heavy atom. The zero-order valence-corrected chi connectivity index (χ0v) is 15.8. The van der Waals surface area contributed by atoms with Crippen LogP contribution in [-0.4, -0.2) is 24.1 Å². The minimum absolute atomic E-state index is 0.0961. The van der Waals surface area contributed by atoms with Gasteiger partial charge < -0.3 is 9.47 Å². The molecule has 0 spiro atoms. The first-order valence-electron chi connectivity index (χ1n) is 7.64. The number of nitro groups is 1. The van der Waals surface area contributed by atoms with Gasteiger partial charge in [0.25, 0.3) is 5.69 Å². The first-order chi connectivity index (χ1) is 12.6. The maximum Gasteiger partial charge on any atom is 0.269 e. The van der Waals surface area contributed by atoms with Gasteiger partial charge in [0.1, 0.15) is 5.01 Å². The Hall–Kier alpha value is -2.58. The molecule has 2 aromatic carbocycles. The molecule has 0 aliphatic rings. The van der Waals surface area contributed by atoms with Crippen LogP contribution in [-0.2, 0) is 5.75 Å². The van der Waals surface area contributed by atoms with E-state index in [1.807, 2.05) is 23.6 Å². The molecule has 3 aromatic rings. The Morgan fingerprint density at radius 1 is 1.12 bits per heavy atom. The number of rotatable bonds is 7. The summed E-state index contributed by atoms with van der Waals surface area (Å²) in [5.41, 5.74) is 2.03. The summed E-state index contributed by atoms with van der Waals surface area (Å²) in [4.78, 5) is 15.9. The van der Waals surface area contributed by atoms with Crippen LogP contribution < -0.4 is 9.47 Å². The molecular formula is C18H16N2O4S2. The highest BCUT2D eigenvalue weighted by molar-refractivity contribution is 7.98. The van der Waals surface area contributed by atoms with Gasteiger partial charge in [-0.25, -0.2) is 4.98 Å². The van der Waals surface area contributed by atoms with Crippen LogP contribution in [0.5, 0.6) is 11.5 Å². The van der Waals surface area contributed by atoms with Gasteiger partial charge in [-0.15, -0.1) is 23.1 Å². The molecule has 0 bridgehead atoms. The molecule has 0 unspecified atom stereocenters. The van der Waals surface area contributed by atoms with Gasteiger partial charge in [0.15, 0.2) is 11.5 Å². The third-order valence-electron chi connectivity index (χ3n) is 3.62. The highest BCUT2D eigenvalue weighted by Gasteiger charge is 2.10. The summed E-state index contributed by atoms with van der Waals surface area (Å²) in [7, 11) is 3.21. The number of hydrogen-bond acceptors (Lipinski definition) is 7. The number of nitro benzene ring substituents is 1. The van der Waals surface area contributed by atoms with E-state index in [0.717, 1.165) is 21.2 Å². The molecule has 0 radical (unpaired) electrons. The summed E-state index contributed by atoms with van der Waals surface area (Å²) in [6, 6.07) is 12.3. The molecule has 0 atom stereocenters. The number of ether oxygens (including phenoxy) is 2. The van der Waals surface area contributed by atoms with Gasteiger partial charge in [0.2, 0.25) is 0 Å². The lowest BCUT2D eigenvalue weighted by atomic mass is 10.2. The van der Waals surface area contributed by atoms with Crippen molar-refractivity contribution in [3.8, 4) is 22.1 Å². The summed E-state index contributed by atoms with van der Waals surface area (Å²) in [5.74, 6) is 2.05. The van der Waals surface area contributed by atoms with Crippen molar-refractivity contribution in [2.75, 3.05) is 14.2 Å². The first kappa shape index (κ1) is 18.2. The molecule has 1 heterocycles. The van der Waals surface area contributed by atoms with Gasteiger partial charge in [0.05, 0.1) is 24.8 Å². The Kier molecular flexibility index (Phi) is 5.75. The second kappa shape index (κ2) is 8.20. The minimum Gasteiger partial charge on any atom is -0.493 e. The van der Waals surface area contributed by atoms with E-state index in [1.54, 1.807) is 49.5 Å². The number of nitrogens with zero attached hydrogens (tertiary/aromatic N) is 2. The fraction of sp³-hybridized carbons (Fsp3) is 0.167. The number of aromatic nitrogens is 1. The maximum absolute atomic E-state index is 10.7.